The number of carbonyl (C=O) groups excluding carboxylic acids is 2. The highest BCUT2D eigenvalue weighted by molar-refractivity contribution is 5.77. The third-order valence-electron chi connectivity index (χ3n) is 10.0. The van der Waals surface area contributed by atoms with Crippen molar-refractivity contribution in [2.45, 2.75) is 87.7 Å². The van der Waals surface area contributed by atoms with Crippen LogP contribution in [0.5, 0.6) is 34.5 Å². The van der Waals surface area contributed by atoms with Crippen LogP contribution in [0.15, 0.2) is 0 Å². The number of hydrogen-bond acceptors (Lipinski definition) is 17. The molecule has 0 spiro atoms. The summed E-state index contributed by atoms with van der Waals surface area (Å²) in [6, 6.07) is -8.14. The van der Waals surface area contributed by atoms with Gasteiger partial charge in [0.05, 0.1) is 17.6 Å². The van der Waals surface area contributed by atoms with E-state index >= 15 is 0 Å². The number of benzene rings is 2. The number of aliphatic hydroxyl groups is 8. The summed E-state index contributed by atoms with van der Waals surface area (Å²) in [6.45, 7) is 0.905. The normalized spacial score (nSPS) is 22.6. The van der Waals surface area contributed by atoms with Gasteiger partial charge >= 0.3 is 42.0 Å². The molecule has 2 fully saturated rings. The molecule has 3 atom stereocenters. The molecule has 0 aromatic heterocycles. The Balaban J connectivity index is 1.93. The molecule has 0 aliphatic carbocycles. The fourth-order valence-corrected chi connectivity index (χ4v) is 7.14. The molecular weight excluding hydrogens is 805 g/mol. The molecule has 4 rings (SSSR count). The zero-order valence-electron chi connectivity index (χ0n) is 29.4. The summed E-state index contributed by atoms with van der Waals surface area (Å²) in [4.78, 5) is 25.5. The van der Waals surface area contributed by atoms with Crippen molar-refractivity contribution in [2.75, 3.05) is 13.6 Å². The minimum Gasteiger partial charge on any atom is -0.507 e. The Morgan fingerprint density at radius 3 is 1.58 bits per heavy atom. The number of piperazine rings is 1. The summed E-state index contributed by atoms with van der Waals surface area (Å²) in [5.74, 6) is -33.5. The minimum atomic E-state index is -5.91. The molecule has 3 amide bonds. The van der Waals surface area contributed by atoms with Gasteiger partial charge < -0.3 is 81.3 Å². The highest BCUT2D eigenvalue weighted by atomic mass is 19.4. The first-order valence-corrected chi connectivity index (χ1v) is 15.8. The van der Waals surface area contributed by atoms with Crippen LogP contribution in [0.3, 0.4) is 0 Å². The molecule has 20 nitrogen and oxygen atoms in total. The number of rotatable bonds is 4. The molecule has 2 aliphatic rings. The van der Waals surface area contributed by atoms with Gasteiger partial charge in [-0.05, 0) is 26.7 Å². The molecule has 2 heterocycles. The van der Waals surface area contributed by atoms with Gasteiger partial charge in [-0.2, -0.15) is 35.6 Å². The highest BCUT2D eigenvalue weighted by Crippen LogP contribution is 2.57. The quantitative estimate of drug-likeness (QED) is 0.0794. The summed E-state index contributed by atoms with van der Waals surface area (Å²) in [5.41, 5.74) is -8.59. The number of nitrogens with zero attached hydrogens (tertiary/aromatic N) is 4. The number of aromatic hydroxyl groups is 6. The molecular formula is C30H35F7N4O16. The number of phenolic OH excluding ortho intramolecular Hbond substituents is 6. The lowest BCUT2D eigenvalue weighted by Crippen LogP contribution is -2.92. The summed E-state index contributed by atoms with van der Waals surface area (Å²) in [7, 11) is 0.673. The minimum absolute atomic E-state index is 0.268. The lowest BCUT2D eigenvalue weighted by Gasteiger charge is -2.62. The van der Waals surface area contributed by atoms with Crippen LogP contribution in [0.1, 0.15) is 66.6 Å². The predicted octanol–water partition coefficient (Wildman–Crippen LogP) is -0.558. The molecule has 2 aliphatic heterocycles. The van der Waals surface area contributed by atoms with Crippen molar-refractivity contribution < 1.29 is 112 Å². The van der Waals surface area contributed by atoms with Crippen LogP contribution >= 0.6 is 0 Å². The number of hydrogen-bond donors (Lipinski definition) is 14. The van der Waals surface area contributed by atoms with Gasteiger partial charge in [0.25, 0.3) is 0 Å². The molecule has 14 N–H and O–H groups in total. The number of likely N-dealkylation sites (tertiary alicyclic amines) is 1. The zero-order chi connectivity index (χ0) is 44.2. The number of alkyl halides is 6. The standard InChI is InChI=1S/C30H35F7N4O16/c1-8-13(21(46)23(48)17(31)18(8)43)12-7-11(41-29(54,55)27(50,51)40(10(3)42)28(52,53)30(41,56)57)5-6-39(12)24(49)38(4)9(2)14-19(44)15(25(32,33)34)22(47)16(20(14)45)26(35,36)37/h9,11-12,43-48,50-57H,5-7H2,1-4H3. The summed E-state index contributed by atoms with van der Waals surface area (Å²) >= 11 is 0. The second kappa shape index (κ2) is 13.6. The first kappa shape index (κ1) is 44.8. The Kier molecular flexibility index (Phi) is 10.7. The molecule has 2 aromatic rings. The van der Waals surface area contributed by atoms with Gasteiger partial charge in [-0.15, -0.1) is 0 Å². The van der Waals surface area contributed by atoms with E-state index < -0.39 is 163 Å². The Labute approximate surface area is 313 Å². The number of halogens is 7. The fraction of sp³-hybridized carbons (Fsp3) is 0.533. The summed E-state index contributed by atoms with van der Waals surface area (Å²) < 4.78 is 97.8. The van der Waals surface area contributed by atoms with Gasteiger partial charge in [-0.25, -0.2) is 9.69 Å². The monoisotopic (exact) mass is 840 g/mol. The van der Waals surface area contributed by atoms with E-state index in [-0.39, 0.29) is 4.90 Å². The maximum atomic E-state index is 14.6. The van der Waals surface area contributed by atoms with Crippen molar-refractivity contribution in [1.82, 2.24) is 19.6 Å². The Morgan fingerprint density at radius 2 is 1.18 bits per heavy atom. The average molecular weight is 841 g/mol. The molecule has 0 saturated carbocycles. The van der Waals surface area contributed by atoms with Crippen molar-refractivity contribution >= 4 is 11.9 Å². The van der Waals surface area contributed by atoms with E-state index in [0.29, 0.717) is 25.8 Å². The lowest BCUT2D eigenvalue weighted by atomic mass is 9.86. The first-order chi connectivity index (χ1) is 25.5. The van der Waals surface area contributed by atoms with E-state index in [1.807, 2.05) is 0 Å². The summed E-state index contributed by atoms with van der Waals surface area (Å²) in [6.07, 6.45) is -14.0. The van der Waals surface area contributed by atoms with E-state index in [2.05, 4.69) is 0 Å². The van der Waals surface area contributed by atoms with Crippen molar-refractivity contribution in [3.05, 3.63) is 33.6 Å². The fourth-order valence-electron chi connectivity index (χ4n) is 7.14. The van der Waals surface area contributed by atoms with Gasteiger partial charge in [0.1, 0.15) is 28.4 Å². The maximum Gasteiger partial charge on any atom is 0.423 e. The van der Waals surface area contributed by atoms with Crippen LogP contribution < -0.4 is 0 Å². The van der Waals surface area contributed by atoms with Crippen molar-refractivity contribution in [2.24, 2.45) is 0 Å². The van der Waals surface area contributed by atoms with Crippen LogP contribution in [0.2, 0.25) is 0 Å². The van der Waals surface area contributed by atoms with Crippen LogP contribution in [0.25, 0.3) is 0 Å². The molecule has 3 unspecified atom stereocenters. The van der Waals surface area contributed by atoms with E-state index in [4.69, 9.17) is 0 Å². The Bertz CT molecular complexity index is 1890. The summed E-state index contributed by atoms with van der Waals surface area (Å²) in [5, 5.41) is 149. The van der Waals surface area contributed by atoms with Crippen LogP contribution in [-0.4, -0.2) is 146 Å². The van der Waals surface area contributed by atoms with Crippen LogP contribution in [0, 0.1) is 12.7 Å². The highest BCUT2D eigenvalue weighted by Gasteiger charge is 2.79. The second-order valence-corrected chi connectivity index (χ2v) is 13.3. The van der Waals surface area contributed by atoms with Gasteiger partial charge in [-0.3, -0.25) is 4.79 Å². The maximum absolute atomic E-state index is 14.6. The SMILES string of the molecule is CC(=O)N1C(O)(O)C(O)(O)N(C2CCN(C(=O)N(C)C(C)c3c(O)c(C(F)(F)F)c(O)c(C(F)(F)F)c3O)C(c3c(C)c(O)c(F)c(O)c3O)C2)C(O)(O)C1(O)O. The Morgan fingerprint density at radius 1 is 0.737 bits per heavy atom. The Hall–Kier alpha value is -4.87. The van der Waals surface area contributed by atoms with E-state index in [9.17, 15) is 112 Å². The van der Waals surface area contributed by atoms with Gasteiger partial charge in [0.2, 0.25) is 11.7 Å². The number of amides is 3. The zero-order valence-corrected chi connectivity index (χ0v) is 29.4. The van der Waals surface area contributed by atoms with Crippen LogP contribution in [0.4, 0.5) is 35.5 Å². The van der Waals surface area contributed by atoms with E-state index in [0.717, 1.165) is 6.92 Å². The predicted molar refractivity (Wildman–Crippen MR) is 165 cm³/mol. The van der Waals surface area contributed by atoms with Crippen molar-refractivity contribution in [3.63, 3.8) is 0 Å². The molecule has 0 radical (unpaired) electrons. The molecule has 27 heteroatoms. The molecule has 2 aromatic carbocycles. The average Bonchev–Trinajstić information content (AvgIpc) is 3.03. The van der Waals surface area contributed by atoms with E-state index in [1.165, 1.54) is 0 Å². The molecule has 57 heavy (non-hydrogen) atoms. The number of carbonyl (C=O) groups is 2. The third kappa shape index (κ3) is 6.47. The molecule has 320 valence electrons. The van der Waals surface area contributed by atoms with Gasteiger partial charge in [-0.1, -0.05) is 0 Å². The number of urea groups is 1. The molecule has 2 saturated heterocycles. The van der Waals surface area contributed by atoms with Gasteiger partial charge in [0, 0.05) is 37.7 Å². The van der Waals surface area contributed by atoms with Crippen molar-refractivity contribution in [1.29, 1.82) is 0 Å². The first-order valence-electron chi connectivity index (χ1n) is 15.8. The number of piperidine rings is 1. The van der Waals surface area contributed by atoms with Crippen LogP contribution in [-0.2, 0) is 17.1 Å². The topological polar surface area (TPSA) is 330 Å². The smallest absolute Gasteiger partial charge is 0.423 e. The lowest BCUT2D eigenvalue weighted by molar-refractivity contribution is -0.604. The number of phenols is 6. The van der Waals surface area contributed by atoms with Gasteiger partial charge in [0.15, 0.2) is 17.2 Å². The van der Waals surface area contributed by atoms with Crippen molar-refractivity contribution in [3.8, 4) is 34.5 Å². The van der Waals surface area contributed by atoms with E-state index in [1.54, 1.807) is 0 Å². The second-order valence-electron chi connectivity index (χ2n) is 13.3. The largest absolute Gasteiger partial charge is 0.507 e. The molecule has 0 bridgehead atoms. The third-order valence-corrected chi connectivity index (χ3v) is 10.0.